The second kappa shape index (κ2) is 8.33. The zero-order valence-corrected chi connectivity index (χ0v) is 11.8. The zero-order valence-electron chi connectivity index (χ0n) is 10.2. The van der Waals surface area contributed by atoms with Crippen LogP contribution in [0.2, 0.25) is 0 Å². The summed E-state index contributed by atoms with van der Waals surface area (Å²) >= 11 is 3.69. The molecule has 1 heterocycles. The molecule has 0 N–H and O–H groups in total. The van der Waals surface area contributed by atoms with Crippen LogP contribution in [0.4, 0.5) is 0 Å². The number of hydrogen-bond acceptors (Lipinski definition) is 1. The van der Waals surface area contributed by atoms with E-state index in [1.165, 1.54) is 0 Å². The molecule has 1 aliphatic rings. The summed E-state index contributed by atoms with van der Waals surface area (Å²) in [6.07, 6.45) is 20.5. The van der Waals surface area contributed by atoms with Crippen molar-refractivity contribution in [3.63, 3.8) is 0 Å². The highest BCUT2D eigenvalue weighted by Crippen LogP contribution is 2.20. The summed E-state index contributed by atoms with van der Waals surface area (Å²) in [4.78, 5) is 0.358. The third-order valence-electron chi connectivity index (χ3n) is 2.65. The number of hydrogen-bond donors (Lipinski definition) is 0. The normalized spacial score (nSPS) is 30.3. The first-order chi connectivity index (χ1) is 8.27. The van der Waals surface area contributed by atoms with Gasteiger partial charge < -0.3 is 4.74 Å². The first-order valence-electron chi connectivity index (χ1n) is 6.02. The van der Waals surface area contributed by atoms with Crippen LogP contribution in [0.5, 0.6) is 0 Å². The first-order valence-corrected chi connectivity index (χ1v) is 6.93. The Kier molecular flexibility index (Phi) is 7.00. The molecule has 0 saturated carbocycles. The molecule has 0 saturated heterocycles. The Bertz CT molecular complexity index is 335. The van der Waals surface area contributed by atoms with Gasteiger partial charge in [-0.05, 0) is 31.4 Å². The van der Waals surface area contributed by atoms with Crippen molar-refractivity contribution in [2.24, 2.45) is 0 Å². The number of terminal acetylenes is 1. The van der Waals surface area contributed by atoms with Crippen molar-refractivity contribution in [2.75, 3.05) is 0 Å². The van der Waals surface area contributed by atoms with Gasteiger partial charge in [-0.1, -0.05) is 53.1 Å². The van der Waals surface area contributed by atoms with Gasteiger partial charge in [0.1, 0.15) is 0 Å². The second-order valence-corrected chi connectivity index (χ2v) is 5.14. The van der Waals surface area contributed by atoms with E-state index in [1.54, 1.807) is 6.08 Å². The molecule has 0 aromatic rings. The molecular formula is C15H19BrO. The van der Waals surface area contributed by atoms with E-state index in [4.69, 9.17) is 11.2 Å². The van der Waals surface area contributed by atoms with E-state index >= 15 is 0 Å². The number of halogens is 1. The Morgan fingerprint density at radius 1 is 1.47 bits per heavy atom. The molecule has 1 aliphatic heterocycles. The Morgan fingerprint density at radius 2 is 2.29 bits per heavy atom. The van der Waals surface area contributed by atoms with Crippen molar-refractivity contribution in [3.05, 3.63) is 36.5 Å². The topological polar surface area (TPSA) is 9.23 Å². The molecule has 17 heavy (non-hydrogen) atoms. The summed E-state index contributed by atoms with van der Waals surface area (Å²) in [6.45, 7) is 2.14. The monoisotopic (exact) mass is 294 g/mol. The predicted octanol–water partition coefficient (Wildman–Crippen LogP) is 4.01. The third kappa shape index (κ3) is 5.39. The maximum Gasteiger partial charge on any atom is 0.0951 e. The minimum Gasteiger partial charge on any atom is -0.366 e. The molecule has 2 heteroatoms. The van der Waals surface area contributed by atoms with E-state index in [2.05, 4.69) is 53.1 Å². The number of allylic oxidation sites excluding steroid dienone is 4. The van der Waals surface area contributed by atoms with Gasteiger partial charge in [0, 0.05) is 4.83 Å². The third-order valence-corrected chi connectivity index (χ3v) is 3.61. The lowest BCUT2D eigenvalue weighted by Crippen LogP contribution is -2.27. The average Bonchev–Trinajstić information content (AvgIpc) is 2.35. The van der Waals surface area contributed by atoms with Gasteiger partial charge >= 0.3 is 0 Å². The van der Waals surface area contributed by atoms with Crippen molar-refractivity contribution in [1.29, 1.82) is 0 Å². The second-order valence-electron chi connectivity index (χ2n) is 3.96. The lowest BCUT2D eigenvalue weighted by Gasteiger charge is -2.24. The van der Waals surface area contributed by atoms with Crippen LogP contribution in [-0.2, 0) is 4.74 Å². The van der Waals surface area contributed by atoms with E-state index in [-0.39, 0.29) is 12.2 Å². The highest BCUT2D eigenvalue weighted by Gasteiger charge is 2.19. The fraction of sp³-hybridized carbons (Fsp3) is 0.467. The molecule has 1 nitrogen and oxygen atoms in total. The fourth-order valence-corrected chi connectivity index (χ4v) is 2.42. The van der Waals surface area contributed by atoms with E-state index < -0.39 is 0 Å². The van der Waals surface area contributed by atoms with Gasteiger partial charge in [-0.25, -0.2) is 0 Å². The number of ether oxygens (including phenoxy) is 1. The van der Waals surface area contributed by atoms with Crippen molar-refractivity contribution in [3.8, 4) is 12.3 Å². The number of alkyl halides is 1. The fourth-order valence-electron chi connectivity index (χ4n) is 1.71. The number of rotatable bonds is 2. The van der Waals surface area contributed by atoms with Crippen LogP contribution in [-0.4, -0.2) is 17.0 Å². The maximum absolute atomic E-state index is 6.04. The van der Waals surface area contributed by atoms with Crippen LogP contribution in [0, 0.1) is 12.3 Å². The summed E-state index contributed by atoms with van der Waals surface area (Å²) in [6, 6.07) is 0. The molecule has 0 aliphatic carbocycles. The maximum atomic E-state index is 6.04. The molecule has 1 rings (SSSR count). The van der Waals surface area contributed by atoms with Gasteiger partial charge in [0.15, 0.2) is 0 Å². The van der Waals surface area contributed by atoms with Gasteiger partial charge in [-0.3, -0.25) is 0 Å². The summed E-state index contributed by atoms with van der Waals surface area (Å²) < 4.78 is 6.04. The largest absolute Gasteiger partial charge is 0.366 e. The Balaban J connectivity index is 2.77. The van der Waals surface area contributed by atoms with Gasteiger partial charge in [0.2, 0.25) is 0 Å². The molecular weight excluding hydrogens is 276 g/mol. The minimum atomic E-state index is -0.0254. The molecule has 92 valence electrons. The highest BCUT2D eigenvalue weighted by atomic mass is 79.9. The van der Waals surface area contributed by atoms with Crippen molar-refractivity contribution in [1.82, 2.24) is 0 Å². The van der Waals surface area contributed by atoms with Gasteiger partial charge in [0.25, 0.3) is 0 Å². The Morgan fingerprint density at radius 3 is 3.00 bits per heavy atom. The molecule has 0 fully saturated rings. The van der Waals surface area contributed by atoms with Crippen molar-refractivity contribution in [2.45, 2.75) is 43.2 Å². The molecule has 0 bridgehead atoms. The van der Waals surface area contributed by atoms with Crippen LogP contribution in [0.15, 0.2) is 36.5 Å². The molecule has 3 atom stereocenters. The molecule has 3 unspecified atom stereocenters. The Labute approximate surface area is 113 Å². The van der Waals surface area contributed by atoms with Crippen LogP contribution < -0.4 is 0 Å². The van der Waals surface area contributed by atoms with Gasteiger partial charge in [-0.15, -0.1) is 6.42 Å². The SMILES string of the molecule is C#CC=CC1C=CCC=CCC(Br)C(CC)O1. The van der Waals surface area contributed by atoms with E-state index in [1.807, 2.05) is 6.08 Å². The summed E-state index contributed by atoms with van der Waals surface area (Å²) in [5.74, 6) is 2.50. The van der Waals surface area contributed by atoms with Crippen molar-refractivity contribution < 1.29 is 4.74 Å². The van der Waals surface area contributed by atoms with Crippen LogP contribution in [0.3, 0.4) is 0 Å². The lowest BCUT2D eigenvalue weighted by atomic mass is 10.1. The zero-order chi connectivity index (χ0) is 12.5. The van der Waals surface area contributed by atoms with Crippen LogP contribution >= 0.6 is 15.9 Å². The average molecular weight is 295 g/mol. The summed E-state index contributed by atoms with van der Waals surface area (Å²) in [7, 11) is 0. The van der Waals surface area contributed by atoms with Crippen molar-refractivity contribution >= 4 is 15.9 Å². The summed E-state index contributed by atoms with van der Waals surface area (Å²) in [5, 5.41) is 0. The van der Waals surface area contributed by atoms with Gasteiger partial charge in [-0.2, -0.15) is 0 Å². The van der Waals surface area contributed by atoms with Gasteiger partial charge in [0.05, 0.1) is 12.2 Å². The summed E-state index contributed by atoms with van der Waals surface area (Å²) in [5.41, 5.74) is 0. The smallest absolute Gasteiger partial charge is 0.0951 e. The quantitative estimate of drug-likeness (QED) is 0.425. The molecule has 0 radical (unpaired) electrons. The molecule has 0 amide bonds. The highest BCUT2D eigenvalue weighted by molar-refractivity contribution is 9.09. The predicted molar refractivity (Wildman–Crippen MR) is 77.2 cm³/mol. The first kappa shape index (κ1) is 14.3. The molecule has 0 aromatic heterocycles. The van der Waals surface area contributed by atoms with E-state index in [0.717, 1.165) is 19.3 Å². The van der Waals surface area contributed by atoms with E-state index in [0.29, 0.717) is 4.83 Å². The Hall–Kier alpha value is -0.780. The standard InChI is InChI=1S/C15H19BrO/c1-3-5-10-13-11-8-6-7-9-12-14(16)15(4-2)17-13/h1,5,7-11,13-15H,4,6,12H2,2H3. The minimum absolute atomic E-state index is 0.0254. The van der Waals surface area contributed by atoms with Crippen LogP contribution in [0.25, 0.3) is 0 Å². The molecule has 0 aromatic carbocycles. The van der Waals surface area contributed by atoms with Crippen LogP contribution in [0.1, 0.15) is 26.2 Å². The lowest BCUT2D eigenvalue weighted by molar-refractivity contribution is 0.0344. The van der Waals surface area contributed by atoms with E-state index in [9.17, 15) is 0 Å². The molecule has 0 spiro atoms.